The van der Waals surface area contributed by atoms with Crippen LogP contribution in [0.15, 0.2) is 18.2 Å². The van der Waals surface area contributed by atoms with Crippen molar-refractivity contribution in [1.82, 2.24) is 9.55 Å². The van der Waals surface area contributed by atoms with Crippen LogP contribution in [0.4, 0.5) is 5.95 Å². The molecule has 2 heterocycles. The zero-order chi connectivity index (χ0) is 13.9. The Morgan fingerprint density at radius 2 is 2.40 bits per heavy atom. The third kappa shape index (κ3) is 2.45. The molecule has 0 bridgehead atoms. The summed E-state index contributed by atoms with van der Waals surface area (Å²) in [6.07, 6.45) is 2.23. The number of nitrogens with two attached hydrogens (primary N) is 1. The molecule has 1 unspecified atom stereocenters. The van der Waals surface area contributed by atoms with Gasteiger partial charge in [0.05, 0.1) is 12.1 Å². The predicted octanol–water partition coefficient (Wildman–Crippen LogP) is 2.44. The molecular weight excluding hydrogens is 254 g/mol. The summed E-state index contributed by atoms with van der Waals surface area (Å²) in [5, 5.41) is 0. The van der Waals surface area contributed by atoms with Crippen molar-refractivity contribution in [3.05, 3.63) is 18.2 Å². The van der Waals surface area contributed by atoms with Crippen LogP contribution in [0, 0.1) is 5.92 Å². The second-order valence-electron chi connectivity index (χ2n) is 5.20. The molecule has 0 spiro atoms. The molecule has 5 heteroatoms. The topological polar surface area (TPSA) is 62.3 Å². The van der Waals surface area contributed by atoms with E-state index in [1.54, 1.807) is 0 Å². The number of ether oxygens (including phenoxy) is 2. The number of para-hydroxylation sites is 1. The number of rotatable bonds is 5. The molecule has 2 N–H and O–H groups in total. The van der Waals surface area contributed by atoms with Gasteiger partial charge in [0.15, 0.2) is 0 Å². The van der Waals surface area contributed by atoms with Gasteiger partial charge in [-0.05, 0) is 37.8 Å². The van der Waals surface area contributed by atoms with Gasteiger partial charge in [0.2, 0.25) is 5.95 Å². The molecule has 1 aromatic carbocycles. The minimum atomic E-state index is 0.561. The van der Waals surface area contributed by atoms with Gasteiger partial charge in [-0.1, -0.05) is 6.07 Å². The van der Waals surface area contributed by atoms with E-state index in [2.05, 4.69) is 9.55 Å². The maximum atomic E-state index is 6.07. The Hall–Kier alpha value is -1.75. The van der Waals surface area contributed by atoms with E-state index in [-0.39, 0.29) is 0 Å². The van der Waals surface area contributed by atoms with Crippen LogP contribution >= 0.6 is 0 Å². The number of benzene rings is 1. The SMILES string of the molecule is CCOc1cccc2c1nc(N)n2CCC1CCOC1. The van der Waals surface area contributed by atoms with Crippen LogP contribution in [0.1, 0.15) is 19.8 Å². The number of fused-ring (bicyclic) bond motifs is 1. The van der Waals surface area contributed by atoms with E-state index in [0.717, 1.165) is 49.4 Å². The number of hydrogen-bond acceptors (Lipinski definition) is 4. The van der Waals surface area contributed by atoms with Gasteiger partial charge in [0, 0.05) is 19.8 Å². The maximum absolute atomic E-state index is 6.07. The highest BCUT2D eigenvalue weighted by Crippen LogP contribution is 2.28. The summed E-state index contributed by atoms with van der Waals surface area (Å²) >= 11 is 0. The lowest BCUT2D eigenvalue weighted by molar-refractivity contribution is 0.183. The van der Waals surface area contributed by atoms with Crippen LogP contribution in [0.25, 0.3) is 11.0 Å². The molecule has 1 saturated heterocycles. The highest BCUT2D eigenvalue weighted by Gasteiger charge is 2.17. The first-order chi connectivity index (χ1) is 9.79. The van der Waals surface area contributed by atoms with Gasteiger partial charge in [0.25, 0.3) is 0 Å². The Labute approximate surface area is 118 Å². The first-order valence-corrected chi connectivity index (χ1v) is 7.25. The lowest BCUT2D eigenvalue weighted by atomic mass is 10.1. The number of nitrogen functional groups attached to an aromatic ring is 1. The zero-order valence-electron chi connectivity index (χ0n) is 11.8. The van der Waals surface area contributed by atoms with Crippen molar-refractivity contribution in [2.75, 3.05) is 25.6 Å². The Kier molecular flexibility index (Phi) is 3.78. The van der Waals surface area contributed by atoms with Gasteiger partial charge in [0.1, 0.15) is 11.3 Å². The van der Waals surface area contributed by atoms with Crippen LogP contribution in [0.5, 0.6) is 5.75 Å². The number of nitrogens with zero attached hydrogens (tertiary/aromatic N) is 2. The Balaban J connectivity index is 1.86. The van der Waals surface area contributed by atoms with Crippen molar-refractivity contribution in [2.45, 2.75) is 26.3 Å². The van der Waals surface area contributed by atoms with Crippen molar-refractivity contribution >= 4 is 17.0 Å². The van der Waals surface area contributed by atoms with E-state index in [0.29, 0.717) is 18.5 Å². The van der Waals surface area contributed by atoms with E-state index in [1.807, 2.05) is 25.1 Å². The van der Waals surface area contributed by atoms with E-state index in [9.17, 15) is 0 Å². The fourth-order valence-corrected chi connectivity index (χ4v) is 2.77. The van der Waals surface area contributed by atoms with Gasteiger partial charge in [-0.15, -0.1) is 0 Å². The Bertz CT molecular complexity index is 588. The summed E-state index contributed by atoms with van der Waals surface area (Å²) in [6, 6.07) is 5.98. The molecule has 108 valence electrons. The smallest absolute Gasteiger partial charge is 0.201 e. The summed E-state index contributed by atoms with van der Waals surface area (Å²) in [5.74, 6) is 2.01. The lowest BCUT2D eigenvalue weighted by Gasteiger charge is -2.10. The van der Waals surface area contributed by atoms with Crippen LogP contribution < -0.4 is 10.5 Å². The molecule has 0 amide bonds. The maximum Gasteiger partial charge on any atom is 0.201 e. The monoisotopic (exact) mass is 275 g/mol. The molecule has 0 radical (unpaired) electrons. The van der Waals surface area contributed by atoms with Crippen LogP contribution in [-0.4, -0.2) is 29.4 Å². The third-order valence-corrected chi connectivity index (χ3v) is 3.86. The first kappa shape index (κ1) is 13.2. The molecule has 1 aliphatic rings. The highest BCUT2D eigenvalue weighted by molar-refractivity contribution is 5.84. The standard InChI is InChI=1S/C15H21N3O2/c1-2-20-13-5-3-4-12-14(13)17-15(16)18(12)8-6-11-7-9-19-10-11/h3-5,11H,2,6-10H2,1H3,(H2,16,17). The Morgan fingerprint density at radius 1 is 1.50 bits per heavy atom. The highest BCUT2D eigenvalue weighted by atomic mass is 16.5. The number of aromatic nitrogens is 2. The largest absolute Gasteiger partial charge is 0.492 e. The van der Waals surface area contributed by atoms with Gasteiger partial charge in [-0.25, -0.2) is 4.98 Å². The van der Waals surface area contributed by atoms with Crippen molar-refractivity contribution in [3.63, 3.8) is 0 Å². The quantitative estimate of drug-likeness (QED) is 0.910. The minimum Gasteiger partial charge on any atom is -0.492 e. The molecule has 0 saturated carbocycles. The van der Waals surface area contributed by atoms with Crippen LogP contribution in [0.2, 0.25) is 0 Å². The molecule has 1 aromatic heterocycles. The average Bonchev–Trinajstić information content (AvgIpc) is 3.05. The predicted molar refractivity (Wildman–Crippen MR) is 78.9 cm³/mol. The second kappa shape index (κ2) is 5.71. The number of hydrogen-bond donors (Lipinski definition) is 1. The number of imidazole rings is 1. The number of aryl methyl sites for hydroxylation is 1. The number of anilines is 1. The normalized spacial score (nSPS) is 18.8. The molecule has 0 aliphatic carbocycles. The van der Waals surface area contributed by atoms with Crippen LogP contribution in [-0.2, 0) is 11.3 Å². The van der Waals surface area contributed by atoms with Gasteiger partial charge >= 0.3 is 0 Å². The first-order valence-electron chi connectivity index (χ1n) is 7.25. The summed E-state index contributed by atoms with van der Waals surface area (Å²) in [5.41, 5.74) is 7.97. The fourth-order valence-electron chi connectivity index (χ4n) is 2.77. The molecular formula is C15H21N3O2. The van der Waals surface area contributed by atoms with Crippen molar-refractivity contribution in [3.8, 4) is 5.75 Å². The summed E-state index contributed by atoms with van der Waals surface area (Å²) < 4.78 is 13.1. The van der Waals surface area contributed by atoms with Crippen LogP contribution in [0.3, 0.4) is 0 Å². The Morgan fingerprint density at radius 3 is 3.15 bits per heavy atom. The minimum absolute atomic E-state index is 0.561. The van der Waals surface area contributed by atoms with E-state index < -0.39 is 0 Å². The van der Waals surface area contributed by atoms with Crippen molar-refractivity contribution in [2.24, 2.45) is 5.92 Å². The van der Waals surface area contributed by atoms with Gasteiger partial charge in [-0.3, -0.25) is 0 Å². The molecule has 2 aromatic rings. The summed E-state index contributed by atoms with van der Waals surface area (Å²) in [7, 11) is 0. The van der Waals surface area contributed by atoms with E-state index in [1.165, 1.54) is 0 Å². The fraction of sp³-hybridized carbons (Fsp3) is 0.533. The summed E-state index contributed by atoms with van der Waals surface area (Å²) in [4.78, 5) is 4.46. The molecule has 1 aliphatic heterocycles. The zero-order valence-corrected chi connectivity index (χ0v) is 11.8. The molecule has 3 rings (SSSR count). The molecule has 5 nitrogen and oxygen atoms in total. The third-order valence-electron chi connectivity index (χ3n) is 3.86. The lowest BCUT2D eigenvalue weighted by Crippen LogP contribution is -2.08. The van der Waals surface area contributed by atoms with Crippen molar-refractivity contribution in [1.29, 1.82) is 0 Å². The second-order valence-corrected chi connectivity index (χ2v) is 5.20. The van der Waals surface area contributed by atoms with Crippen molar-refractivity contribution < 1.29 is 9.47 Å². The molecule has 1 fully saturated rings. The van der Waals surface area contributed by atoms with Gasteiger partial charge in [-0.2, -0.15) is 0 Å². The molecule has 1 atom stereocenters. The molecule has 20 heavy (non-hydrogen) atoms. The van der Waals surface area contributed by atoms with E-state index in [4.69, 9.17) is 15.2 Å². The van der Waals surface area contributed by atoms with E-state index >= 15 is 0 Å². The van der Waals surface area contributed by atoms with Gasteiger partial charge < -0.3 is 19.8 Å². The average molecular weight is 275 g/mol. The summed E-state index contributed by atoms with van der Waals surface area (Å²) in [6.45, 7) is 5.24.